The molecule has 3 rings (SSSR count). The van der Waals surface area contributed by atoms with Gasteiger partial charge in [0.1, 0.15) is 0 Å². The molecule has 1 aliphatic rings. The van der Waals surface area contributed by atoms with Crippen LogP contribution in [0.5, 0.6) is 0 Å². The number of nitrogens with zero attached hydrogens (tertiary/aromatic N) is 5. The van der Waals surface area contributed by atoms with Gasteiger partial charge in [-0.05, 0) is 18.4 Å². The molecule has 0 atom stereocenters. The Labute approximate surface area is 146 Å². The van der Waals surface area contributed by atoms with Crippen molar-refractivity contribution in [2.75, 3.05) is 26.2 Å². The molecule has 3 heterocycles. The molecule has 0 aliphatic carbocycles. The second-order valence-electron chi connectivity index (χ2n) is 6.83. The van der Waals surface area contributed by atoms with E-state index in [9.17, 15) is 9.59 Å². The monoisotopic (exact) mass is 344 g/mol. The highest BCUT2D eigenvalue weighted by atomic mass is 16.2. The topological polar surface area (TPSA) is 97.4 Å². The van der Waals surface area contributed by atoms with Gasteiger partial charge < -0.3 is 15.5 Å². The summed E-state index contributed by atoms with van der Waals surface area (Å²) in [7, 11) is 0. The smallest absolute Gasteiger partial charge is 0.314 e. The van der Waals surface area contributed by atoms with E-state index in [2.05, 4.69) is 23.9 Å². The highest BCUT2D eigenvalue weighted by Crippen LogP contribution is 2.16. The molecular formula is C17H24N6O2. The number of nitrogens with two attached hydrogens (primary N) is 1. The molecule has 2 aromatic rings. The zero-order chi connectivity index (χ0) is 18.0. The van der Waals surface area contributed by atoms with E-state index in [4.69, 9.17) is 5.73 Å². The van der Waals surface area contributed by atoms with E-state index >= 15 is 0 Å². The van der Waals surface area contributed by atoms with Crippen molar-refractivity contribution in [2.45, 2.75) is 26.8 Å². The minimum absolute atomic E-state index is 0.0719. The maximum Gasteiger partial charge on any atom is 0.314 e. The largest absolute Gasteiger partial charge is 0.351 e. The van der Waals surface area contributed by atoms with Gasteiger partial charge in [0.25, 0.3) is 5.91 Å². The lowest BCUT2D eigenvalue weighted by atomic mass is 10.2. The molecule has 134 valence electrons. The molecule has 1 saturated heterocycles. The van der Waals surface area contributed by atoms with Crippen LogP contribution in [-0.2, 0) is 6.54 Å². The summed E-state index contributed by atoms with van der Waals surface area (Å²) in [6.45, 7) is 7.17. The summed E-state index contributed by atoms with van der Waals surface area (Å²) in [5.74, 6) is 0.397. The molecule has 2 aromatic heterocycles. The van der Waals surface area contributed by atoms with Gasteiger partial charge in [-0.2, -0.15) is 5.10 Å². The van der Waals surface area contributed by atoms with Crippen LogP contribution in [-0.4, -0.2) is 62.7 Å². The van der Waals surface area contributed by atoms with Crippen molar-refractivity contribution in [1.29, 1.82) is 0 Å². The number of carbonyl (C=O) groups is 2. The third-order valence-electron chi connectivity index (χ3n) is 4.36. The number of urea groups is 1. The van der Waals surface area contributed by atoms with E-state index in [1.165, 1.54) is 0 Å². The Bertz CT molecular complexity index is 785. The first kappa shape index (κ1) is 17.2. The zero-order valence-electron chi connectivity index (χ0n) is 14.7. The number of hydrogen-bond acceptors (Lipinski definition) is 4. The molecule has 25 heavy (non-hydrogen) atoms. The average Bonchev–Trinajstić information content (AvgIpc) is 2.81. The Kier molecular flexibility index (Phi) is 4.87. The van der Waals surface area contributed by atoms with Gasteiger partial charge >= 0.3 is 6.03 Å². The van der Waals surface area contributed by atoms with E-state index in [0.717, 1.165) is 24.0 Å². The van der Waals surface area contributed by atoms with Crippen molar-refractivity contribution in [1.82, 2.24) is 24.6 Å². The quantitative estimate of drug-likeness (QED) is 0.908. The van der Waals surface area contributed by atoms with Crippen LogP contribution in [0, 0.1) is 5.92 Å². The molecule has 0 saturated carbocycles. The van der Waals surface area contributed by atoms with Gasteiger partial charge in [-0.1, -0.05) is 13.8 Å². The highest BCUT2D eigenvalue weighted by molar-refractivity contribution is 5.96. The molecule has 0 spiro atoms. The lowest BCUT2D eigenvalue weighted by molar-refractivity contribution is 0.0762. The van der Waals surface area contributed by atoms with Gasteiger partial charge in [0.05, 0.1) is 11.8 Å². The number of pyridine rings is 1. The van der Waals surface area contributed by atoms with E-state index in [1.807, 2.05) is 10.7 Å². The molecular weight excluding hydrogens is 320 g/mol. The fraction of sp³-hybridized carbons (Fsp3) is 0.529. The number of aromatic nitrogens is 3. The molecule has 0 radical (unpaired) electrons. The van der Waals surface area contributed by atoms with Crippen LogP contribution in [0.15, 0.2) is 18.5 Å². The number of primary amides is 1. The maximum absolute atomic E-state index is 12.8. The third-order valence-corrected chi connectivity index (χ3v) is 4.36. The van der Waals surface area contributed by atoms with Gasteiger partial charge in [0.15, 0.2) is 5.65 Å². The SMILES string of the molecule is CC(C)Cn1ncc2cc(C(=O)N3CCCN(C(N)=O)CC3)cnc21. The average molecular weight is 344 g/mol. The predicted octanol–water partition coefficient (Wildman–Crippen LogP) is 1.31. The second-order valence-corrected chi connectivity index (χ2v) is 6.83. The van der Waals surface area contributed by atoms with Crippen LogP contribution in [0.1, 0.15) is 30.6 Å². The van der Waals surface area contributed by atoms with Gasteiger partial charge in [-0.15, -0.1) is 0 Å². The summed E-state index contributed by atoms with van der Waals surface area (Å²) < 4.78 is 1.87. The molecule has 3 amide bonds. The van der Waals surface area contributed by atoms with Gasteiger partial charge in [-0.25, -0.2) is 14.5 Å². The van der Waals surface area contributed by atoms with Crippen LogP contribution in [0.2, 0.25) is 0 Å². The van der Waals surface area contributed by atoms with Crippen LogP contribution >= 0.6 is 0 Å². The van der Waals surface area contributed by atoms with Crippen LogP contribution in [0.25, 0.3) is 11.0 Å². The van der Waals surface area contributed by atoms with Crippen molar-refractivity contribution in [3.63, 3.8) is 0 Å². The van der Waals surface area contributed by atoms with Crippen molar-refractivity contribution in [3.8, 4) is 0 Å². The van der Waals surface area contributed by atoms with Crippen molar-refractivity contribution in [2.24, 2.45) is 11.7 Å². The fourth-order valence-electron chi connectivity index (χ4n) is 3.09. The van der Waals surface area contributed by atoms with Crippen molar-refractivity contribution < 1.29 is 9.59 Å². The molecule has 2 N–H and O–H groups in total. The van der Waals surface area contributed by atoms with Crippen LogP contribution in [0.4, 0.5) is 4.79 Å². The Morgan fingerprint density at radius 2 is 1.88 bits per heavy atom. The van der Waals surface area contributed by atoms with Gasteiger partial charge in [-0.3, -0.25) is 4.79 Å². The molecule has 1 aliphatic heterocycles. The number of hydrogen-bond donors (Lipinski definition) is 1. The minimum atomic E-state index is -0.435. The van der Waals surface area contributed by atoms with E-state index in [-0.39, 0.29) is 5.91 Å². The van der Waals surface area contributed by atoms with Gasteiger partial charge in [0, 0.05) is 44.3 Å². The second kappa shape index (κ2) is 7.08. The number of rotatable bonds is 3. The number of amides is 3. The molecule has 1 fully saturated rings. The standard InChI is InChI=1S/C17H24N6O2/c1-12(2)11-23-15-13(10-20-23)8-14(9-19-15)16(24)21-4-3-5-22(7-6-21)17(18)25/h8-10,12H,3-7,11H2,1-2H3,(H2,18,25). The van der Waals surface area contributed by atoms with E-state index in [1.54, 1.807) is 22.2 Å². The minimum Gasteiger partial charge on any atom is -0.351 e. The summed E-state index contributed by atoms with van der Waals surface area (Å²) in [5.41, 5.74) is 6.67. The van der Waals surface area contributed by atoms with Crippen molar-refractivity contribution in [3.05, 3.63) is 24.0 Å². The normalized spacial score (nSPS) is 15.6. The molecule has 0 bridgehead atoms. The van der Waals surface area contributed by atoms with E-state index in [0.29, 0.717) is 37.7 Å². The summed E-state index contributed by atoms with van der Waals surface area (Å²) in [4.78, 5) is 31.9. The van der Waals surface area contributed by atoms with Crippen molar-refractivity contribution >= 4 is 23.0 Å². The Hall–Kier alpha value is -2.64. The summed E-state index contributed by atoms with van der Waals surface area (Å²) in [6.07, 6.45) is 4.08. The van der Waals surface area contributed by atoms with Crippen LogP contribution < -0.4 is 5.73 Å². The lowest BCUT2D eigenvalue weighted by Gasteiger charge is -2.21. The first-order valence-corrected chi connectivity index (χ1v) is 8.61. The summed E-state index contributed by atoms with van der Waals surface area (Å²) in [6, 6.07) is 1.40. The maximum atomic E-state index is 12.8. The lowest BCUT2D eigenvalue weighted by Crippen LogP contribution is -2.39. The fourth-order valence-corrected chi connectivity index (χ4v) is 3.09. The first-order chi connectivity index (χ1) is 12.0. The molecule has 8 nitrogen and oxygen atoms in total. The molecule has 8 heteroatoms. The summed E-state index contributed by atoms with van der Waals surface area (Å²) >= 11 is 0. The van der Waals surface area contributed by atoms with Gasteiger partial charge in [0.2, 0.25) is 0 Å². The Morgan fingerprint density at radius 3 is 2.60 bits per heavy atom. The Morgan fingerprint density at radius 1 is 1.16 bits per heavy atom. The Balaban J connectivity index is 1.77. The molecule has 0 unspecified atom stereocenters. The summed E-state index contributed by atoms with van der Waals surface area (Å²) in [5, 5.41) is 5.23. The van der Waals surface area contributed by atoms with Crippen LogP contribution in [0.3, 0.4) is 0 Å². The zero-order valence-corrected chi connectivity index (χ0v) is 14.7. The first-order valence-electron chi connectivity index (χ1n) is 8.61. The predicted molar refractivity (Wildman–Crippen MR) is 94.0 cm³/mol. The highest BCUT2D eigenvalue weighted by Gasteiger charge is 2.22. The number of fused-ring (bicyclic) bond motifs is 1. The third kappa shape index (κ3) is 3.72. The van der Waals surface area contributed by atoms with E-state index < -0.39 is 6.03 Å². The number of carbonyl (C=O) groups excluding carboxylic acids is 2. The molecule has 0 aromatic carbocycles.